The van der Waals surface area contributed by atoms with Crippen LogP contribution in [0.15, 0.2) is 0 Å². The van der Waals surface area contributed by atoms with Gasteiger partial charge in [-0.05, 0) is 18.6 Å². The van der Waals surface area contributed by atoms with Crippen LogP contribution in [0.25, 0.3) is 0 Å². The van der Waals surface area contributed by atoms with Gasteiger partial charge in [0, 0.05) is 0 Å². The lowest BCUT2D eigenvalue weighted by Crippen LogP contribution is -2.33. The van der Waals surface area contributed by atoms with E-state index in [4.69, 9.17) is 0 Å². The second kappa shape index (κ2) is 3.64. The lowest BCUT2D eigenvalue weighted by Gasteiger charge is -2.20. The Morgan fingerprint density at radius 2 is 1.73 bits per heavy atom. The Bertz CT molecular complexity index is 210. The molecule has 0 aromatic carbocycles. The number of halogens is 1. The average molecular weight is 200 g/mol. The molecule has 0 saturated heterocycles. The summed E-state index contributed by atoms with van der Waals surface area (Å²) in [6.07, 6.45) is 0. The van der Waals surface area contributed by atoms with Gasteiger partial charge in [0.1, 0.15) is 0 Å². The van der Waals surface area contributed by atoms with Crippen LogP contribution in [0, 0.1) is 0 Å². The van der Waals surface area contributed by atoms with E-state index < -0.39 is 18.8 Å². The highest BCUT2D eigenvalue weighted by molar-refractivity contribution is 7.82. The first-order valence-corrected chi connectivity index (χ1v) is 7.61. The predicted octanol–water partition coefficient (Wildman–Crippen LogP) is 1.83. The number of hydrogen-bond donors (Lipinski definition) is 0. The molecule has 0 radical (unpaired) electrons. The molecule has 0 atom stereocenters. The Morgan fingerprint density at radius 1 is 1.36 bits per heavy atom. The van der Waals surface area contributed by atoms with Gasteiger partial charge in [-0.2, -0.15) is 8.42 Å². The fourth-order valence-corrected chi connectivity index (χ4v) is 3.97. The van der Waals surface area contributed by atoms with Gasteiger partial charge >= 0.3 is 10.5 Å². The van der Waals surface area contributed by atoms with Gasteiger partial charge in [0.25, 0.3) is 0 Å². The minimum atomic E-state index is -4.74. The Hall–Kier alpha value is 0.0569. The van der Waals surface area contributed by atoms with E-state index in [2.05, 4.69) is 3.87 Å². The molecule has 11 heavy (non-hydrogen) atoms. The van der Waals surface area contributed by atoms with E-state index in [0.717, 1.165) is 0 Å². The molecule has 3 nitrogen and oxygen atoms in total. The summed E-state index contributed by atoms with van der Waals surface area (Å²) in [6, 6.07) is 1.21. The molecule has 0 spiro atoms. The molecule has 0 aromatic rings. The van der Waals surface area contributed by atoms with E-state index >= 15 is 0 Å². The Morgan fingerprint density at radius 3 is 1.82 bits per heavy atom. The number of rotatable bonds is 4. The van der Waals surface area contributed by atoms with Gasteiger partial charge in [0.2, 0.25) is 8.32 Å². The van der Waals surface area contributed by atoms with Crippen molar-refractivity contribution in [2.45, 2.75) is 32.5 Å². The van der Waals surface area contributed by atoms with Crippen LogP contribution in [-0.2, 0) is 14.4 Å². The largest absolute Gasteiger partial charge is 0.427 e. The zero-order valence-electron chi connectivity index (χ0n) is 6.93. The van der Waals surface area contributed by atoms with Crippen molar-refractivity contribution in [3.63, 3.8) is 0 Å². The zero-order chi connectivity index (χ0) is 9.12. The molecule has 0 amide bonds. The van der Waals surface area contributed by atoms with Crippen LogP contribution >= 0.6 is 0 Å². The molecule has 0 fully saturated rings. The molecular weight excluding hydrogens is 187 g/mol. The van der Waals surface area contributed by atoms with E-state index in [1.165, 1.54) is 0 Å². The quantitative estimate of drug-likeness (QED) is 0.513. The highest BCUT2D eigenvalue weighted by Gasteiger charge is 2.31. The van der Waals surface area contributed by atoms with Gasteiger partial charge < -0.3 is 0 Å². The minimum Gasteiger partial charge on any atom is -0.290 e. The van der Waals surface area contributed by atoms with E-state index in [1.54, 1.807) is 20.4 Å². The van der Waals surface area contributed by atoms with E-state index in [-0.39, 0.29) is 0 Å². The van der Waals surface area contributed by atoms with Crippen molar-refractivity contribution in [1.29, 1.82) is 0 Å². The summed E-state index contributed by atoms with van der Waals surface area (Å²) < 4.78 is 36.6. The van der Waals surface area contributed by atoms with Crippen molar-refractivity contribution in [1.82, 2.24) is 0 Å². The van der Waals surface area contributed by atoms with E-state index in [0.29, 0.717) is 12.1 Å². The minimum absolute atomic E-state index is 0.604. The van der Waals surface area contributed by atoms with E-state index in [9.17, 15) is 12.3 Å². The van der Waals surface area contributed by atoms with E-state index in [1.807, 2.05) is 0 Å². The zero-order valence-corrected chi connectivity index (χ0v) is 8.74. The van der Waals surface area contributed by atoms with Gasteiger partial charge in [-0.1, -0.05) is 17.7 Å². The summed E-state index contributed by atoms with van der Waals surface area (Å²) >= 11 is 0. The van der Waals surface area contributed by atoms with Gasteiger partial charge in [-0.25, -0.2) is 0 Å². The van der Waals surface area contributed by atoms with Gasteiger partial charge in [-0.3, -0.25) is 3.87 Å². The van der Waals surface area contributed by atoms with Crippen LogP contribution in [0.4, 0.5) is 3.89 Å². The lowest BCUT2D eigenvalue weighted by atomic mass is 10.9. The van der Waals surface area contributed by atoms with Crippen LogP contribution in [0.1, 0.15) is 13.8 Å². The third-order valence-corrected chi connectivity index (χ3v) is 7.19. The molecule has 0 heterocycles. The molecule has 0 rings (SSSR count). The fourth-order valence-electron chi connectivity index (χ4n) is 0.608. The standard InChI is InChI=1S/C5H13FO3SSi/c1-4-11(3,5-2)9-10(6,7)8/h4-5H2,1-3H3. The summed E-state index contributed by atoms with van der Waals surface area (Å²) in [4.78, 5) is 0. The van der Waals surface area contributed by atoms with Crippen LogP contribution in [0.5, 0.6) is 0 Å². The Kier molecular flexibility index (Phi) is 3.66. The third-order valence-electron chi connectivity index (χ3n) is 1.80. The van der Waals surface area contributed by atoms with Crippen LogP contribution < -0.4 is 0 Å². The predicted molar refractivity (Wildman–Crippen MR) is 43.7 cm³/mol. The van der Waals surface area contributed by atoms with Crippen molar-refractivity contribution in [3.8, 4) is 0 Å². The van der Waals surface area contributed by atoms with Gasteiger partial charge in [0.05, 0.1) is 0 Å². The first-order valence-electron chi connectivity index (χ1n) is 3.48. The summed E-state index contributed by atoms with van der Waals surface area (Å²) in [6.45, 7) is 5.31. The van der Waals surface area contributed by atoms with Crippen molar-refractivity contribution < 1.29 is 16.2 Å². The van der Waals surface area contributed by atoms with Crippen LogP contribution in [0.2, 0.25) is 18.6 Å². The molecule has 0 aromatic heterocycles. The van der Waals surface area contributed by atoms with Crippen molar-refractivity contribution >= 4 is 18.8 Å². The SMILES string of the molecule is CC[Si](C)(CC)OS(=O)(=O)F. The Balaban J connectivity index is 4.32. The average Bonchev–Trinajstić information content (AvgIpc) is 1.84. The topological polar surface area (TPSA) is 43.4 Å². The second-order valence-corrected chi connectivity index (χ2v) is 8.40. The van der Waals surface area contributed by atoms with Crippen molar-refractivity contribution in [2.24, 2.45) is 0 Å². The summed E-state index contributed by atoms with van der Waals surface area (Å²) in [5.74, 6) is 0. The molecule has 0 aliphatic rings. The summed E-state index contributed by atoms with van der Waals surface area (Å²) in [7, 11) is -7.04. The lowest BCUT2D eigenvalue weighted by molar-refractivity contribution is 0.433. The molecular formula is C5H13FO3SSi. The monoisotopic (exact) mass is 200 g/mol. The maximum Gasteiger partial charge on any atom is 0.427 e. The normalized spacial score (nSPS) is 13.5. The first-order chi connectivity index (χ1) is 4.83. The molecule has 68 valence electrons. The number of hydrogen-bond acceptors (Lipinski definition) is 3. The van der Waals surface area contributed by atoms with Crippen LogP contribution in [-0.4, -0.2) is 16.7 Å². The van der Waals surface area contributed by atoms with Gasteiger partial charge in [-0.15, -0.1) is 0 Å². The highest BCUT2D eigenvalue weighted by atomic mass is 32.3. The fraction of sp³-hybridized carbons (Fsp3) is 1.00. The van der Waals surface area contributed by atoms with Gasteiger partial charge in [0.15, 0.2) is 0 Å². The maximum absolute atomic E-state index is 12.0. The smallest absolute Gasteiger partial charge is 0.290 e. The highest BCUT2D eigenvalue weighted by Crippen LogP contribution is 2.19. The third kappa shape index (κ3) is 4.49. The van der Waals surface area contributed by atoms with Crippen molar-refractivity contribution in [2.75, 3.05) is 0 Å². The molecule has 0 unspecified atom stereocenters. The molecule has 0 aliphatic heterocycles. The Labute approximate surface area is 68.1 Å². The van der Waals surface area contributed by atoms with Crippen LogP contribution in [0.3, 0.4) is 0 Å². The molecule has 6 heteroatoms. The summed E-state index contributed by atoms with van der Waals surface area (Å²) in [5.41, 5.74) is 0. The molecule has 0 saturated carbocycles. The molecule has 0 aliphatic carbocycles. The van der Waals surface area contributed by atoms with Crippen molar-refractivity contribution in [3.05, 3.63) is 0 Å². The molecule has 0 bridgehead atoms. The molecule has 0 N–H and O–H groups in total. The first kappa shape index (κ1) is 11.1. The second-order valence-electron chi connectivity index (χ2n) is 2.63. The maximum atomic E-state index is 12.0. The summed E-state index contributed by atoms with van der Waals surface area (Å²) in [5, 5.41) is 0.